The van der Waals surface area contributed by atoms with Crippen LogP contribution in [0.1, 0.15) is 35.4 Å². The number of nitrogens with one attached hydrogen (secondary N) is 1. The Kier molecular flexibility index (Phi) is 6.68. The van der Waals surface area contributed by atoms with Crippen LogP contribution in [0.25, 0.3) is 11.0 Å². The molecule has 0 atom stereocenters. The number of aryl methyl sites for hydroxylation is 2. The van der Waals surface area contributed by atoms with E-state index in [9.17, 15) is 4.79 Å². The summed E-state index contributed by atoms with van der Waals surface area (Å²) in [4.78, 5) is 17.2. The molecular formula is C26H26ClN3O. The number of fused-ring (bicyclic) bond motifs is 1. The number of carbonyl (C=O) groups is 1. The zero-order valence-corrected chi connectivity index (χ0v) is 18.4. The third kappa shape index (κ3) is 5.53. The maximum atomic E-state index is 12.4. The Morgan fingerprint density at radius 1 is 0.968 bits per heavy atom. The molecule has 0 unspecified atom stereocenters. The average Bonchev–Trinajstić information content (AvgIpc) is 3.12. The molecule has 0 aliphatic heterocycles. The van der Waals surface area contributed by atoms with Gasteiger partial charge in [-0.3, -0.25) is 4.79 Å². The molecule has 0 fully saturated rings. The highest BCUT2D eigenvalue weighted by Crippen LogP contribution is 2.18. The zero-order valence-electron chi connectivity index (χ0n) is 17.6. The second-order valence-electron chi connectivity index (χ2n) is 7.85. The Morgan fingerprint density at radius 2 is 1.68 bits per heavy atom. The molecule has 1 amide bonds. The topological polar surface area (TPSA) is 46.9 Å². The molecule has 1 N–H and O–H groups in total. The molecule has 1 aromatic heterocycles. The lowest BCUT2D eigenvalue weighted by Crippen LogP contribution is -2.24. The molecule has 0 spiro atoms. The lowest BCUT2D eigenvalue weighted by atomic mass is 10.1. The van der Waals surface area contributed by atoms with Crippen molar-refractivity contribution in [2.45, 2.75) is 39.3 Å². The van der Waals surface area contributed by atoms with Gasteiger partial charge in [0.05, 0.1) is 17.6 Å². The predicted octanol–water partition coefficient (Wildman–Crippen LogP) is 5.69. The molecule has 4 rings (SSSR count). The fourth-order valence-electron chi connectivity index (χ4n) is 3.68. The summed E-state index contributed by atoms with van der Waals surface area (Å²) < 4.78 is 2.19. The van der Waals surface area contributed by atoms with E-state index in [1.807, 2.05) is 42.5 Å². The summed E-state index contributed by atoms with van der Waals surface area (Å²) in [6, 6.07) is 24.4. The number of halogens is 1. The van der Waals surface area contributed by atoms with E-state index in [1.54, 1.807) is 0 Å². The smallest absolute Gasteiger partial charge is 0.220 e. The van der Waals surface area contributed by atoms with Crippen LogP contribution in [0.2, 0.25) is 5.02 Å². The average molecular weight is 432 g/mol. The number of nitrogens with zero attached hydrogens (tertiary/aromatic N) is 2. The largest absolute Gasteiger partial charge is 0.349 e. The van der Waals surface area contributed by atoms with Gasteiger partial charge in [-0.2, -0.15) is 0 Å². The van der Waals surface area contributed by atoms with Crippen LogP contribution in [-0.2, 0) is 24.3 Å². The first kappa shape index (κ1) is 21.1. The molecule has 5 heteroatoms. The number of aromatic nitrogens is 2. The maximum absolute atomic E-state index is 12.4. The van der Waals surface area contributed by atoms with Crippen LogP contribution in [0.4, 0.5) is 0 Å². The first-order chi connectivity index (χ1) is 15.1. The van der Waals surface area contributed by atoms with E-state index >= 15 is 0 Å². The van der Waals surface area contributed by atoms with Crippen molar-refractivity contribution in [1.82, 2.24) is 14.9 Å². The van der Waals surface area contributed by atoms with Gasteiger partial charge >= 0.3 is 0 Å². The van der Waals surface area contributed by atoms with Crippen LogP contribution in [0.15, 0.2) is 72.8 Å². The Bertz CT molecular complexity index is 1160. The number of carbonyl (C=O) groups excluding carboxylic acids is 1. The van der Waals surface area contributed by atoms with E-state index in [2.05, 4.69) is 47.1 Å². The van der Waals surface area contributed by atoms with Crippen LogP contribution < -0.4 is 5.32 Å². The normalized spacial score (nSPS) is 11.0. The van der Waals surface area contributed by atoms with Crippen molar-refractivity contribution < 1.29 is 4.79 Å². The molecule has 4 aromatic rings. The van der Waals surface area contributed by atoms with E-state index in [-0.39, 0.29) is 5.91 Å². The van der Waals surface area contributed by atoms with Gasteiger partial charge < -0.3 is 9.88 Å². The van der Waals surface area contributed by atoms with Gasteiger partial charge in [-0.15, -0.1) is 0 Å². The number of hydrogen-bond acceptors (Lipinski definition) is 2. The van der Waals surface area contributed by atoms with Gasteiger partial charge in [-0.25, -0.2) is 4.98 Å². The number of para-hydroxylation sites is 2. The van der Waals surface area contributed by atoms with E-state index in [0.29, 0.717) is 13.0 Å². The van der Waals surface area contributed by atoms with Gasteiger partial charge in [0.2, 0.25) is 5.91 Å². The molecular weight excluding hydrogens is 406 g/mol. The molecule has 0 bridgehead atoms. The Balaban J connectivity index is 1.39. The molecule has 4 nitrogen and oxygen atoms in total. The quantitative estimate of drug-likeness (QED) is 0.389. The summed E-state index contributed by atoms with van der Waals surface area (Å²) in [5.74, 6) is 0.913. The molecule has 3 aromatic carbocycles. The number of benzene rings is 3. The van der Waals surface area contributed by atoms with E-state index in [0.717, 1.165) is 41.3 Å². The molecule has 0 saturated carbocycles. The minimum absolute atomic E-state index is 0.0444. The highest BCUT2D eigenvalue weighted by atomic mass is 35.5. The number of imidazole rings is 1. The van der Waals surface area contributed by atoms with Crippen molar-refractivity contribution in [3.8, 4) is 0 Å². The molecule has 1 heterocycles. The van der Waals surface area contributed by atoms with Crippen LogP contribution in [-0.4, -0.2) is 15.5 Å². The summed E-state index contributed by atoms with van der Waals surface area (Å²) >= 11 is 5.92. The molecule has 31 heavy (non-hydrogen) atoms. The summed E-state index contributed by atoms with van der Waals surface area (Å²) in [5.41, 5.74) is 5.67. The Morgan fingerprint density at radius 3 is 2.45 bits per heavy atom. The monoisotopic (exact) mass is 431 g/mol. The van der Waals surface area contributed by atoms with Crippen LogP contribution in [0.5, 0.6) is 0 Å². The lowest BCUT2D eigenvalue weighted by molar-refractivity contribution is -0.121. The van der Waals surface area contributed by atoms with Gasteiger partial charge in [-0.1, -0.05) is 65.7 Å². The van der Waals surface area contributed by atoms with E-state index in [4.69, 9.17) is 16.6 Å². The van der Waals surface area contributed by atoms with E-state index < -0.39 is 0 Å². The van der Waals surface area contributed by atoms with Gasteiger partial charge in [0.1, 0.15) is 5.82 Å². The van der Waals surface area contributed by atoms with Crippen molar-refractivity contribution >= 4 is 28.5 Å². The molecule has 158 valence electrons. The summed E-state index contributed by atoms with van der Waals surface area (Å²) in [6.07, 6.45) is 2.14. The van der Waals surface area contributed by atoms with Crippen molar-refractivity contribution in [1.29, 1.82) is 0 Å². The third-order valence-electron chi connectivity index (χ3n) is 5.42. The number of rotatable bonds is 8. The summed E-state index contributed by atoms with van der Waals surface area (Å²) in [5, 5.41) is 3.78. The van der Waals surface area contributed by atoms with Gasteiger partial charge in [-0.05, 0) is 55.2 Å². The fraction of sp³-hybridized carbons (Fsp3) is 0.231. The van der Waals surface area contributed by atoms with Gasteiger partial charge in [0, 0.05) is 18.0 Å². The summed E-state index contributed by atoms with van der Waals surface area (Å²) in [7, 11) is 0. The SMILES string of the molecule is Cc1ccc(Cn2c(CNC(=O)CCCc3ccc(Cl)cc3)nc3ccccc32)cc1. The first-order valence-electron chi connectivity index (χ1n) is 10.6. The predicted molar refractivity (Wildman–Crippen MR) is 126 cm³/mol. The first-order valence-corrected chi connectivity index (χ1v) is 11.0. The van der Waals surface area contributed by atoms with Gasteiger partial charge in [0.25, 0.3) is 0 Å². The Hall–Kier alpha value is -3.11. The third-order valence-corrected chi connectivity index (χ3v) is 5.67. The van der Waals surface area contributed by atoms with Crippen LogP contribution in [0.3, 0.4) is 0 Å². The van der Waals surface area contributed by atoms with Crippen molar-refractivity contribution in [2.24, 2.45) is 0 Å². The minimum Gasteiger partial charge on any atom is -0.349 e. The van der Waals surface area contributed by atoms with Crippen molar-refractivity contribution in [3.05, 3.63) is 100 Å². The lowest BCUT2D eigenvalue weighted by Gasteiger charge is -2.11. The maximum Gasteiger partial charge on any atom is 0.220 e. The molecule has 0 aliphatic carbocycles. The van der Waals surface area contributed by atoms with Crippen molar-refractivity contribution in [2.75, 3.05) is 0 Å². The summed E-state index contributed by atoms with van der Waals surface area (Å²) in [6.45, 7) is 3.23. The molecule has 0 radical (unpaired) electrons. The van der Waals surface area contributed by atoms with E-state index in [1.165, 1.54) is 16.7 Å². The van der Waals surface area contributed by atoms with Crippen LogP contribution in [0, 0.1) is 6.92 Å². The fourth-order valence-corrected chi connectivity index (χ4v) is 3.81. The standard InChI is InChI=1S/C26H26ClN3O/c1-19-9-11-21(12-10-19)18-30-24-7-3-2-6-23(24)29-25(30)17-28-26(31)8-4-5-20-13-15-22(27)16-14-20/h2-3,6-7,9-16H,4-5,8,17-18H2,1H3,(H,28,31). The Labute approximate surface area is 187 Å². The number of amides is 1. The highest BCUT2D eigenvalue weighted by Gasteiger charge is 2.12. The second kappa shape index (κ2) is 9.80. The number of hydrogen-bond donors (Lipinski definition) is 1. The second-order valence-corrected chi connectivity index (χ2v) is 8.28. The van der Waals surface area contributed by atoms with Crippen LogP contribution >= 0.6 is 11.6 Å². The van der Waals surface area contributed by atoms with Crippen molar-refractivity contribution in [3.63, 3.8) is 0 Å². The molecule has 0 saturated heterocycles. The zero-order chi connectivity index (χ0) is 21.6. The minimum atomic E-state index is 0.0444. The van der Waals surface area contributed by atoms with Gasteiger partial charge in [0.15, 0.2) is 0 Å². The molecule has 0 aliphatic rings. The highest BCUT2D eigenvalue weighted by molar-refractivity contribution is 6.30.